The van der Waals surface area contributed by atoms with Crippen LogP contribution in [0.15, 0.2) is 42.5 Å². The Kier molecular flexibility index (Phi) is 5.79. The highest BCUT2D eigenvalue weighted by molar-refractivity contribution is 6.01. The molecule has 2 aromatic rings. The highest BCUT2D eigenvalue weighted by Crippen LogP contribution is 2.23. The lowest BCUT2D eigenvalue weighted by molar-refractivity contribution is -0.146. The molecule has 1 aliphatic rings. The van der Waals surface area contributed by atoms with Crippen molar-refractivity contribution >= 4 is 17.5 Å². The second-order valence-electron chi connectivity index (χ2n) is 6.76. The smallest absolute Gasteiger partial charge is 0.306 e. The van der Waals surface area contributed by atoms with Crippen molar-refractivity contribution in [1.82, 2.24) is 0 Å². The first kappa shape index (κ1) is 19.0. The zero-order valence-corrected chi connectivity index (χ0v) is 15.2. The molecule has 140 valence electrons. The normalized spacial score (nSPS) is 13.7. The maximum Gasteiger partial charge on any atom is 0.306 e. The lowest BCUT2D eigenvalue weighted by Crippen LogP contribution is -2.24. The van der Waals surface area contributed by atoms with Gasteiger partial charge in [-0.1, -0.05) is 12.1 Å². The minimum absolute atomic E-state index is 0.0514. The fourth-order valence-electron chi connectivity index (χ4n) is 3.27. The molecule has 2 aromatic carbocycles. The average Bonchev–Trinajstić information content (AvgIpc) is 3.13. The van der Waals surface area contributed by atoms with Gasteiger partial charge in [0.1, 0.15) is 5.82 Å². The third-order valence-electron chi connectivity index (χ3n) is 4.78. The first-order valence-electron chi connectivity index (χ1n) is 9.08. The van der Waals surface area contributed by atoms with Crippen LogP contribution in [0.1, 0.15) is 58.0 Å². The van der Waals surface area contributed by atoms with E-state index in [-0.39, 0.29) is 24.4 Å². The summed E-state index contributed by atoms with van der Waals surface area (Å²) >= 11 is 0. The van der Waals surface area contributed by atoms with Crippen LogP contribution in [0.2, 0.25) is 0 Å². The SMILES string of the molecule is C[C@@H](OC(=O)CCC(=O)c1ccc(F)cc1)C(=O)c1ccc2c(c1)CCC2. The van der Waals surface area contributed by atoms with Crippen molar-refractivity contribution in [3.8, 4) is 0 Å². The third kappa shape index (κ3) is 4.67. The maximum atomic E-state index is 12.9. The Morgan fingerprint density at radius 2 is 1.63 bits per heavy atom. The Labute approximate surface area is 157 Å². The van der Waals surface area contributed by atoms with Crippen molar-refractivity contribution in [2.75, 3.05) is 0 Å². The molecule has 0 aliphatic heterocycles. The zero-order valence-electron chi connectivity index (χ0n) is 15.2. The Bertz CT molecular complexity index is 870. The van der Waals surface area contributed by atoms with E-state index in [0.29, 0.717) is 11.1 Å². The largest absolute Gasteiger partial charge is 0.454 e. The topological polar surface area (TPSA) is 60.4 Å². The number of rotatable bonds is 7. The van der Waals surface area contributed by atoms with Crippen LogP contribution in [0.3, 0.4) is 0 Å². The zero-order chi connectivity index (χ0) is 19.4. The Hall–Kier alpha value is -2.82. The van der Waals surface area contributed by atoms with Gasteiger partial charge in [-0.2, -0.15) is 0 Å². The number of esters is 1. The average molecular weight is 368 g/mol. The number of hydrogen-bond acceptors (Lipinski definition) is 4. The molecule has 1 aliphatic carbocycles. The molecule has 0 fully saturated rings. The van der Waals surface area contributed by atoms with Crippen molar-refractivity contribution in [2.24, 2.45) is 0 Å². The first-order valence-corrected chi connectivity index (χ1v) is 9.08. The second-order valence-corrected chi connectivity index (χ2v) is 6.76. The van der Waals surface area contributed by atoms with E-state index >= 15 is 0 Å². The van der Waals surface area contributed by atoms with Crippen molar-refractivity contribution in [1.29, 1.82) is 0 Å². The summed E-state index contributed by atoms with van der Waals surface area (Å²) in [7, 11) is 0. The molecular weight excluding hydrogens is 347 g/mol. The Morgan fingerprint density at radius 1 is 0.963 bits per heavy atom. The fraction of sp³-hybridized carbons (Fsp3) is 0.318. The second kappa shape index (κ2) is 8.25. The number of ether oxygens (including phenoxy) is 1. The molecule has 0 saturated carbocycles. The molecule has 0 amide bonds. The maximum absolute atomic E-state index is 12.9. The summed E-state index contributed by atoms with van der Waals surface area (Å²) in [6.45, 7) is 1.54. The lowest BCUT2D eigenvalue weighted by Gasteiger charge is -2.13. The highest BCUT2D eigenvalue weighted by Gasteiger charge is 2.22. The monoisotopic (exact) mass is 368 g/mol. The highest BCUT2D eigenvalue weighted by atomic mass is 19.1. The van der Waals surface area contributed by atoms with Gasteiger partial charge in [-0.05, 0) is 67.6 Å². The Balaban J connectivity index is 1.51. The number of carbonyl (C=O) groups excluding carboxylic acids is 3. The molecule has 0 unspecified atom stereocenters. The molecule has 0 heterocycles. The van der Waals surface area contributed by atoms with Gasteiger partial charge in [0.25, 0.3) is 0 Å². The molecule has 0 N–H and O–H groups in total. The summed E-state index contributed by atoms with van der Waals surface area (Å²) in [6.07, 6.45) is 2.02. The number of ketones is 2. The van der Waals surface area contributed by atoms with E-state index in [1.165, 1.54) is 42.3 Å². The molecule has 4 nitrogen and oxygen atoms in total. The summed E-state index contributed by atoms with van der Waals surface area (Å²) in [5.41, 5.74) is 3.34. The molecule has 1 atom stereocenters. The van der Waals surface area contributed by atoms with Crippen LogP contribution < -0.4 is 0 Å². The number of halogens is 1. The number of hydrogen-bond donors (Lipinski definition) is 0. The third-order valence-corrected chi connectivity index (χ3v) is 4.78. The van der Waals surface area contributed by atoms with Gasteiger partial charge >= 0.3 is 5.97 Å². The van der Waals surface area contributed by atoms with E-state index in [0.717, 1.165) is 19.3 Å². The molecule has 5 heteroatoms. The minimum atomic E-state index is -0.905. The van der Waals surface area contributed by atoms with Crippen LogP contribution in [-0.2, 0) is 22.4 Å². The van der Waals surface area contributed by atoms with Crippen molar-refractivity contribution < 1.29 is 23.5 Å². The molecule has 27 heavy (non-hydrogen) atoms. The van der Waals surface area contributed by atoms with E-state index in [1.807, 2.05) is 12.1 Å². The standard InChI is InChI=1S/C22H21FO4/c1-14(22(26)18-6-5-15-3-2-4-17(15)13-18)27-21(25)12-11-20(24)16-7-9-19(23)10-8-16/h5-10,13-14H,2-4,11-12H2,1H3/t14-/m1/s1. The predicted molar refractivity (Wildman–Crippen MR) is 98.3 cm³/mol. The molecule has 0 saturated heterocycles. The van der Waals surface area contributed by atoms with Crippen LogP contribution in [0, 0.1) is 5.82 Å². The predicted octanol–water partition coefficient (Wildman–Crippen LogP) is 4.09. The van der Waals surface area contributed by atoms with E-state index < -0.39 is 17.9 Å². The number of carbonyl (C=O) groups is 3. The van der Waals surface area contributed by atoms with Gasteiger partial charge in [-0.15, -0.1) is 0 Å². The van der Waals surface area contributed by atoms with E-state index in [4.69, 9.17) is 4.74 Å². The van der Waals surface area contributed by atoms with E-state index in [9.17, 15) is 18.8 Å². The quantitative estimate of drug-likeness (QED) is 0.545. The number of aryl methyl sites for hydroxylation is 2. The number of fused-ring (bicyclic) bond motifs is 1. The molecule has 0 spiro atoms. The van der Waals surface area contributed by atoms with Crippen LogP contribution >= 0.6 is 0 Å². The van der Waals surface area contributed by atoms with Gasteiger partial charge in [0.15, 0.2) is 11.9 Å². The fourth-order valence-corrected chi connectivity index (χ4v) is 3.27. The Morgan fingerprint density at radius 3 is 2.37 bits per heavy atom. The van der Waals surface area contributed by atoms with Crippen LogP contribution in [0.4, 0.5) is 4.39 Å². The molecular formula is C22H21FO4. The van der Waals surface area contributed by atoms with Crippen LogP contribution in [0.25, 0.3) is 0 Å². The van der Waals surface area contributed by atoms with Crippen molar-refractivity contribution in [3.05, 3.63) is 70.5 Å². The van der Waals surface area contributed by atoms with Crippen molar-refractivity contribution in [2.45, 2.75) is 45.1 Å². The molecule has 0 radical (unpaired) electrons. The number of benzene rings is 2. The van der Waals surface area contributed by atoms with Crippen molar-refractivity contribution in [3.63, 3.8) is 0 Å². The summed E-state index contributed by atoms with van der Waals surface area (Å²) in [6, 6.07) is 10.8. The first-order chi connectivity index (χ1) is 12.9. The van der Waals surface area contributed by atoms with Gasteiger partial charge in [0.05, 0.1) is 6.42 Å². The summed E-state index contributed by atoms with van der Waals surface area (Å²) in [5.74, 6) is -1.55. The van der Waals surface area contributed by atoms with Crippen LogP contribution in [0.5, 0.6) is 0 Å². The van der Waals surface area contributed by atoms with Crippen LogP contribution in [-0.4, -0.2) is 23.6 Å². The lowest BCUT2D eigenvalue weighted by atomic mass is 10.0. The van der Waals surface area contributed by atoms with Gasteiger partial charge in [0.2, 0.25) is 5.78 Å². The number of Topliss-reactive ketones (excluding diaryl/α,β-unsaturated/α-hetero) is 2. The minimum Gasteiger partial charge on any atom is -0.454 e. The summed E-state index contributed by atoms with van der Waals surface area (Å²) in [5, 5.41) is 0. The van der Waals surface area contributed by atoms with Gasteiger partial charge in [0, 0.05) is 17.5 Å². The molecule has 0 aromatic heterocycles. The summed E-state index contributed by atoms with van der Waals surface area (Å²) in [4.78, 5) is 36.5. The van der Waals surface area contributed by atoms with Gasteiger partial charge in [-0.3, -0.25) is 14.4 Å². The molecule has 0 bridgehead atoms. The molecule has 3 rings (SSSR count). The summed E-state index contributed by atoms with van der Waals surface area (Å²) < 4.78 is 18.1. The van der Waals surface area contributed by atoms with E-state index in [2.05, 4.69) is 0 Å². The van der Waals surface area contributed by atoms with Gasteiger partial charge in [-0.25, -0.2) is 4.39 Å². The van der Waals surface area contributed by atoms with E-state index in [1.54, 1.807) is 6.07 Å². The van der Waals surface area contributed by atoms with Gasteiger partial charge < -0.3 is 4.74 Å².